The molecule has 0 aliphatic carbocycles. The highest BCUT2D eigenvalue weighted by molar-refractivity contribution is 5.95. The van der Waals surface area contributed by atoms with Gasteiger partial charge in [-0.2, -0.15) is 0 Å². The van der Waals surface area contributed by atoms with E-state index >= 15 is 0 Å². The summed E-state index contributed by atoms with van der Waals surface area (Å²) >= 11 is 0. The molecule has 0 unspecified atom stereocenters. The number of nitrogens with zero attached hydrogens (tertiary/aromatic N) is 2. The van der Waals surface area contributed by atoms with Gasteiger partial charge in [0.2, 0.25) is 5.91 Å². The molecule has 150 valence electrons. The fraction of sp³-hybridized carbons (Fsp3) is 0.409. The summed E-state index contributed by atoms with van der Waals surface area (Å²) in [5.74, 6) is -0.455. The summed E-state index contributed by atoms with van der Waals surface area (Å²) in [5, 5.41) is 12.5. The Morgan fingerprint density at radius 1 is 1.04 bits per heavy atom. The molecule has 2 N–H and O–H groups in total. The smallest absolute Gasteiger partial charge is 0.246 e. The van der Waals surface area contributed by atoms with E-state index in [0.717, 1.165) is 38.2 Å². The largest absolute Gasteiger partial charge is 0.395 e. The van der Waals surface area contributed by atoms with E-state index in [0.29, 0.717) is 5.69 Å². The van der Waals surface area contributed by atoms with Gasteiger partial charge in [0.15, 0.2) is 0 Å². The first-order valence-corrected chi connectivity index (χ1v) is 9.82. The van der Waals surface area contributed by atoms with Crippen LogP contribution in [0.25, 0.3) is 0 Å². The van der Waals surface area contributed by atoms with Crippen molar-refractivity contribution < 1.29 is 14.3 Å². The van der Waals surface area contributed by atoms with E-state index in [1.54, 1.807) is 12.1 Å². The van der Waals surface area contributed by atoms with Crippen molar-refractivity contribution in [1.29, 1.82) is 0 Å². The number of benzene rings is 2. The van der Waals surface area contributed by atoms with Crippen LogP contribution in [0, 0.1) is 5.82 Å². The fourth-order valence-electron chi connectivity index (χ4n) is 3.77. The van der Waals surface area contributed by atoms with Crippen LogP contribution in [-0.4, -0.2) is 59.6 Å². The summed E-state index contributed by atoms with van der Waals surface area (Å²) in [6.45, 7) is 5.35. The summed E-state index contributed by atoms with van der Waals surface area (Å²) in [5.41, 5.74) is 1.52. The number of anilines is 1. The number of rotatable bonds is 7. The molecule has 1 fully saturated rings. The van der Waals surface area contributed by atoms with Gasteiger partial charge in [-0.05, 0) is 36.2 Å². The van der Waals surface area contributed by atoms with Gasteiger partial charge in [0.05, 0.1) is 6.61 Å². The molecule has 2 aromatic rings. The SMILES string of the molecule is CC[C@H](CO)N1CCN([C@@H](C(=O)Nc2ccc(F)cc2)c2ccccc2)CC1. The molecular weight excluding hydrogens is 357 g/mol. The van der Waals surface area contributed by atoms with Crippen LogP contribution in [-0.2, 0) is 4.79 Å². The molecule has 0 bridgehead atoms. The van der Waals surface area contributed by atoms with Gasteiger partial charge in [-0.15, -0.1) is 0 Å². The molecule has 1 aliphatic heterocycles. The number of aliphatic hydroxyl groups is 1. The molecular formula is C22H28FN3O2. The lowest BCUT2D eigenvalue weighted by atomic mass is 10.0. The number of hydrogen-bond acceptors (Lipinski definition) is 4. The van der Waals surface area contributed by atoms with Crippen LogP contribution in [0.5, 0.6) is 0 Å². The monoisotopic (exact) mass is 385 g/mol. The molecule has 28 heavy (non-hydrogen) atoms. The second-order valence-corrected chi connectivity index (χ2v) is 7.13. The first-order valence-electron chi connectivity index (χ1n) is 9.82. The number of hydrogen-bond donors (Lipinski definition) is 2. The quantitative estimate of drug-likeness (QED) is 0.770. The predicted octanol–water partition coefficient (Wildman–Crippen LogP) is 2.89. The maximum Gasteiger partial charge on any atom is 0.246 e. The summed E-state index contributed by atoms with van der Waals surface area (Å²) in [7, 11) is 0. The zero-order valence-electron chi connectivity index (χ0n) is 16.2. The minimum Gasteiger partial charge on any atom is -0.395 e. The maximum absolute atomic E-state index is 13.2. The number of aliphatic hydroxyl groups excluding tert-OH is 1. The molecule has 0 spiro atoms. The van der Waals surface area contributed by atoms with E-state index in [9.17, 15) is 14.3 Å². The molecule has 1 amide bonds. The fourth-order valence-corrected chi connectivity index (χ4v) is 3.77. The number of amides is 1. The Morgan fingerprint density at radius 3 is 2.21 bits per heavy atom. The average molecular weight is 385 g/mol. The standard InChI is InChI=1S/C22H28FN3O2/c1-2-20(16-27)25-12-14-26(15-13-25)21(17-6-4-3-5-7-17)22(28)24-19-10-8-18(23)9-11-19/h3-11,20-21,27H,2,12-16H2,1H3,(H,24,28)/t20-,21-/m1/s1. The highest BCUT2D eigenvalue weighted by Crippen LogP contribution is 2.25. The highest BCUT2D eigenvalue weighted by Gasteiger charge is 2.31. The van der Waals surface area contributed by atoms with Crippen molar-refractivity contribution in [3.63, 3.8) is 0 Å². The van der Waals surface area contributed by atoms with E-state index < -0.39 is 6.04 Å². The Hall–Kier alpha value is -2.28. The highest BCUT2D eigenvalue weighted by atomic mass is 19.1. The third kappa shape index (κ3) is 4.95. The number of piperazine rings is 1. The van der Waals surface area contributed by atoms with Gasteiger partial charge in [0, 0.05) is 37.9 Å². The van der Waals surface area contributed by atoms with Crippen molar-refractivity contribution in [3.05, 3.63) is 66.0 Å². The zero-order valence-corrected chi connectivity index (χ0v) is 16.2. The first kappa shape index (κ1) is 20.5. The molecule has 1 saturated heterocycles. The third-order valence-electron chi connectivity index (χ3n) is 5.39. The van der Waals surface area contributed by atoms with Crippen molar-refractivity contribution in [2.75, 3.05) is 38.1 Å². The van der Waals surface area contributed by atoms with Crippen LogP contribution in [0.3, 0.4) is 0 Å². The minimum atomic E-state index is -0.414. The summed E-state index contributed by atoms with van der Waals surface area (Å²) in [6.07, 6.45) is 0.906. The van der Waals surface area contributed by atoms with Crippen molar-refractivity contribution in [2.24, 2.45) is 0 Å². The summed E-state index contributed by atoms with van der Waals surface area (Å²) in [4.78, 5) is 17.6. The van der Waals surface area contributed by atoms with Crippen LogP contribution in [0.4, 0.5) is 10.1 Å². The molecule has 1 heterocycles. The number of nitrogens with one attached hydrogen (secondary N) is 1. The second kappa shape index (κ2) is 9.78. The maximum atomic E-state index is 13.2. The van der Waals surface area contributed by atoms with E-state index in [2.05, 4.69) is 22.0 Å². The van der Waals surface area contributed by atoms with Gasteiger partial charge >= 0.3 is 0 Å². The van der Waals surface area contributed by atoms with Crippen LogP contribution >= 0.6 is 0 Å². The van der Waals surface area contributed by atoms with Gasteiger partial charge in [-0.1, -0.05) is 37.3 Å². The van der Waals surface area contributed by atoms with Gasteiger partial charge in [-0.3, -0.25) is 14.6 Å². The van der Waals surface area contributed by atoms with E-state index in [1.165, 1.54) is 12.1 Å². The molecule has 2 aromatic carbocycles. The average Bonchev–Trinajstić information content (AvgIpc) is 2.73. The molecule has 1 aliphatic rings. The normalized spacial score (nSPS) is 17.8. The molecule has 5 nitrogen and oxygen atoms in total. The van der Waals surface area contributed by atoms with Gasteiger partial charge in [0.1, 0.15) is 11.9 Å². The molecule has 3 rings (SSSR count). The first-order chi connectivity index (χ1) is 13.6. The Kier molecular flexibility index (Phi) is 7.14. The van der Waals surface area contributed by atoms with Gasteiger partial charge < -0.3 is 10.4 Å². The third-order valence-corrected chi connectivity index (χ3v) is 5.39. The molecule has 6 heteroatoms. The van der Waals surface area contributed by atoms with Crippen molar-refractivity contribution in [1.82, 2.24) is 9.80 Å². The molecule has 0 radical (unpaired) electrons. The molecule has 0 saturated carbocycles. The minimum absolute atomic E-state index is 0.125. The Labute approximate surface area is 165 Å². The number of carbonyl (C=O) groups excluding carboxylic acids is 1. The zero-order chi connectivity index (χ0) is 19.9. The van der Waals surface area contributed by atoms with E-state index in [-0.39, 0.29) is 24.4 Å². The number of carbonyl (C=O) groups is 1. The van der Waals surface area contributed by atoms with Crippen molar-refractivity contribution in [2.45, 2.75) is 25.4 Å². The Morgan fingerprint density at radius 2 is 1.64 bits per heavy atom. The van der Waals surface area contributed by atoms with Crippen molar-refractivity contribution >= 4 is 11.6 Å². The van der Waals surface area contributed by atoms with Crippen LogP contribution in [0.15, 0.2) is 54.6 Å². The van der Waals surface area contributed by atoms with Crippen LogP contribution in [0.1, 0.15) is 24.9 Å². The van der Waals surface area contributed by atoms with Gasteiger partial charge in [0.25, 0.3) is 0 Å². The Bertz CT molecular complexity index is 742. The summed E-state index contributed by atoms with van der Waals surface area (Å²) < 4.78 is 13.2. The van der Waals surface area contributed by atoms with Gasteiger partial charge in [-0.25, -0.2) is 4.39 Å². The lowest BCUT2D eigenvalue weighted by molar-refractivity contribution is -0.122. The molecule has 2 atom stereocenters. The summed E-state index contributed by atoms with van der Waals surface area (Å²) in [6, 6.07) is 15.3. The Balaban J connectivity index is 1.75. The van der Waals surface area contributed by atoms with Crippen molar-refractivity contribution in [3.8, 4) is 0 Å². The van der Waals surface area contributed by atoms with E-state index in [1.807, 2.05) is 30.3 Å². The van der Waals surface area contributed by atoms with Crippen LogP contribution < -0.4 is 5.32 Å². The number of halogens is 1. The second-order valence-electron chi connectivity index (χ2n) is 7.13. The molecule has 0 aromatic heterocycles. The predicted molar refractivity (Wildman–Crippen MR) is 109 cm³/mol. The topological polar surface area (TPSA) is 55.8 Å². The lowest BCUT2D eigenvalue weighted by Crippen LogP contribution is -2.53. The lowest BCUT2D eigenvalue weighted by Gasteiger charge is -2.41. The van der Waals surface area contributed by atoms with E-state index in [4.69, 9.17) is 0 Å². The van der Waals surface area contributed by atoms with Crippen LogP contribution in [0.2, 0.25) is 0 Å².